The topological polar surface area (TPSA) is 204 Å². The van der Waals surface area contributed by atoms with E-state index in [4.69, 9.17) is 55.9 Å². The van der Waals surface area contributed by atoms with Gasteiger partial charge in [-0.25, -0.2) is 34.3 Å². The monoisotopic (exact) mass is 769 g/mol. The first-order chi connectivity index (χ1) is 24.0. The summed E-state index contributed by atoms with van der Waals surface area (Å²) in [5, 5.41) is 3.21. The van der Waals surface area contributed by atoms with Crippen LogP contribution in [0.4, 0.5) is 10.2 Å². The number of halogens is 1. The summed E-state index contributed by atoms with van der Waals surface area (Å²) in [5.41, 5.74) is 0.950. The molecule has 4 saturated heterocycles. The highest BCUT2D eigenvalue weighted by atomic mass is 32.5. The van der Waals surface area contributed by atoms with E-state index >= 15 is 4.39 Å². The molecule has 0 saturated carbocycles. The van der Waals surface area contributed by atoms with Crippen molar-refractivity contribution in [2.24, 2.45) is 0 Å². The fraction of sp³-hybridized carbons (Fsp3) is 0.556. The number of aryl methyl sites for hydroxylation is 1. The Morgan fingerprint density at radius 3 is 2.48 bits per heavy atom. The van der Waals surface area contributed by atoms with Gasteiger partial charge in [-0.05, 0) is 43.4 Å². The summed E-state index contributed by atoms with van der Waals surface area (Å²) < 4.78 is 62.2. The average Bonchev–Trinajstić information content (AvgIpc) is 3.88. The molecule has 266 valence electrons. The Hall–Kier alpha value is -2.49. The maximum Gasteiger partial charge on any atom is 0.325 e. The maximum absolute atomic E-state index is 16.4. The first-order valence-corrected chi connectivity index (χ1v) is 20.9. The molecule has 6 aliphatic heterocycles. The lowest BCUT2D eigenvalue weighted by Gasteiger charge is -2.37. The Balaban J connectivity index is 1.16. The van der Waals surface area contributed by atoms with E-state index in [1.807, 2.05) is 12.2 Å². The Morgan fingerprint density at radius 1 is 0.900 bits per heavy atom. The van der Waals surface area contributed by atoms with E-state index in [0.29, 0.717) is 41.9 Å². The second-order valence-corrected chi connectivity index (χ2v) is 18.0. The van der Waals surface area contributed by atoms with Crippen molar-refractivity contribution in [1.29, 1.82) is 0 Å². The Labute approximate surface area is 292 Å². The molecule has 6 aliphatic rings. The second-order valence-electron chi connectivity index (χ2n) is 12.4. The first-order valence-electron chi connectivity index (χ1n) is 15.7. The van der Waals surface area contributed by atoms with Gasteiger partial charge in [0.2, 0.25) is 0 Å². The highest BCUT2D eigenvalue weighted by molar-refractivity contribution is 8.07. The zero-order valence-corrected chi connectivity index (χ0v) is 29.5. The number of rotatable bonds is 0. The van der Waals surface area contributed by atoms with E-state index in [0.717, 1.165) is 5.69 Å². The number of hydrogen-bond donors (Lipinski definition) is 3. The summed E-state index contributed by atoms with van der Waals surface area (Å²) in [6.45, 7) is -7.06. The Kier molecular flexibility index (Phi) is 8.20. The molecular weight excluding hydrogens is 739 g/mol. The normalized spacial score (nSPS) is 41.0. The first kappa shape index (κ1) is 33.4. The molecule has 0 aliphatic carbocycles. The lowest BCUT2D eigenvalue weighted by molar-refractivity contribution is -0.214. The third-order valence-electron chi connectivity index (χ3n) is 9.52. The summed E-state index contributed by atoms with van der Waals surface area (Å²) in [7, 11) is 0. The molecule has 3 N–H and O–H groups in total. The van der Waals surface area contributed by atoms with Crippen LogP contribution < -0.4 is 5.32 Å². The van der Waals surface area contributed by atoms with Gasteiger partial charge >= 0.3 is 13.4 Å². The minimum absolute atomic E-state index is 0.276. The molecule has 0 amide bonds. The quantitative estimate of drug-likeness (QED) is 0.173. The van der Waals surface area contributed by atoms with E-state index in [9.17, 15) is 9.79 Å². The molecule has 11 atom stereocenters. The highest BCUT2D eigenvalue weighted by Gasteiger charge is 2.69. The molecular formula is C27H30FN9O9P2S2. The van der Waals surface area contributed by atoms with Crippen LogP contribution in [-0.4, -0.2) is 111 Å². The molecule has 15 bridgehead atoms. The van der Waals surface area contributed by atoms with Crippen LogP contribution in [0.15, 0.2) is 37.5 Å². The number of aromatic nitrogens is 8. The number of allylic oxidation sites excluding steroid dienone is 1. The molecule has 3 unspecified atom stereocenters. The molecule has 50 heavy (non-hydrogen) atoms. The fourth-order valence-corrected chi connectivity index (χ4v) is 9.99. The fourth-order valence-electron chi connectivity index (χ4n) is 7.10. The number of ether oxygens (including phenoxy) is 3. The predicted molar refractivity (Wildman–Crippen MR) is 177 cm³/mol. The van der Waals surface area contributed by atoms with Gasteiger partial charge in [-0.2, -0.15) is 0 Å². The van der Waals surface area contributed by atoms with E-state index in [1.165, 1.54) is 23.5 Å². The summed E-state index contributed by atoms with van der Waals surface area (Å²) in [6, 6.07) is 0. The van der Waals surface area contributed by atoms with Gasteiger partial charge in [-0.15, -0.1) is 0 Å². The van der Waals surface area contributed by atoms with Crippen LogP contribution in [0.5, 0.6) is 0 Å². The molecule has 1 spiro atoms. The van der Waals surface area contributed by atoms with Crippen LogP contribution >= 0.6 is 13.4 Å². The van der Waals surface area contributed by atoms with Crippen LogP contribution in [-0.2, 0) is 62.3 Å². The van der Waals surface area contributed by atoms with Crippen molar-refractivity contribution in [2.75, 3.05) is 25.1 Å². The van der Waals surface area contributed by atoms with Gasteiger partial charge in [0.15, 0.2) is 41.3 Å². The number of anilines is 1. The molecule has 4 aromatic heterocycles. The van der Waals surface area contributed by atoms with Gasteiger partial charge in [0.1, 0.15) is 48.2 Å². The predicted octanol–water partition coefficient (Wildman–Crippen LogP) is 2.12. The van der Waals surface area contributed by atoms with Crippen LogP contribution in [0.2, 0.25) is 0 Å². The second kappa shape index (κ2) is 12.3. The summed E-state index contributed by atoms with van der Waals surface area (Å²) in [6.07, 6.45) is 1.36. The number of fused-ring (bicyclic) bond motifs is 10. The van der Waals surface area contributed by atoms with Crippen molar-refractivity contribution >= 4 is 65.2 Å². The summed E-state index contributed by atoms with van der Waals surface area (Å²) in [5.74, 6) is 0.426. The molecule has 0 aromatic carbocycles. The number of alkyl halides is 1. The van der Waals surface area contributed by atoms with Gasteiger partial charge in [-0.1, -0.05) is 12.2 Å². The maximum atomic E-state index is 16.4. The molecule has 18 nitrogen and oxygen atoms in total. The van der Waals surface area contributed by atoms with Crippen molar-refractivity contribution in [3.63, 3.8) is 0 Å². The minimum atomic E-state index is -4.21. The van der Waals surface area contributed by atoms with Gasteiger partial charge < -0.3 is 38.4 Å². The van der Waals surface area contributed by atoms with E-state index in [1.54, 1.807) is 17.8 Å². The third kappa shape index (κ3) is 5.46. The van der Waals surface area contributed by atoms with Crippen molar-refractivity contribution in [2.45, 2.75) is 74.5 Å². The largest absolute Gasteiger partial charge is 0.365 e. The van der Waals surface area contributed by atoms with Gasteiger partial charge in [0.25, 0.3) is 0 Å². The lowest BCUT2D eigenvalue weighted by atomic mass is 9.94. The van der Waals surface area contributed by atoms with Crippen molar-refractivity contribution < 1.29 is 46.5 Å². The lowest BCUT2D eigenvalue weighted by Crippen LogP contribution is -2.50. The zero-order valence-electron chi connectivity index (χ0n) is 26.0. The number of nitrogens with zero attached hydrogens (tertiary/aromatic N) is 8. The standard InChI is InChI=1S/C27H30FN9O9P2S2/c1-13-27-8-41-48(39,50)45-19-15-7-40-47(38,49)46-21(27)20(42-13)26(44-27)37-11-34-17-14(30-9-32-23(17)37)5-3-2-4-6-29-22-18-24(33-10-31-22)36(12-35-18)25(43-15)16(19)28/h2,4,9-13,15-16,19-21,25-26H,3,5-8H2,1H3,(H,38,49)(H,39,50)(H,29,31,33)/b4-2+/t13-,15+,16+,19+,20+,21-,25+,26+,27?,47?,48?/m0/s1. The molecule has 4 fully saturated rings. The van der Waals surface area contributed by atoms with Crippen molar-refractivity contribution in [3.8, 4) is 0 Å². The highest BCUT2D eigenvalue weighted by Crippen LogP contribution is 2.60. The van der Waals surface area contributed by atoms with Gasteiger partial charge in [0.05, 0.1) is 37.7 Å². The Morgan fingerprint density at radius 2 is 1.64 bits per heavy atom. The van der Waals surface area contributed by atoms with E-state index in [-0.39, 0.29) is 5.65 Å². The SMILES string of the molecule is C[C@@H]1O[C@H]2[C@H]3OC14COP(O)(=S)O[C@H]1[C@@H](F)[C@@H](O[C@@H]1COP(O)(=S)O[C@@H]24)n1cnc2c(ncnc21)NC/C=C/CCc1ncnc2c1ncn23. The molecule has 4 aromatic rings. The Bertz CT molecular complexity index is 2110. The molecule has 23 heteroatoms. The zero-order chi connectivity index (χ0) is 34.4. The van der Waals surface area contributed by atoms with Crippen LogP contribution in [0, 0.1) is 0 Å². The molecule has 10 rings (SSSR count). The third-order valence-corrected chi connectivity index (χ3v) is 12.6. The van der Waals surface area contributed by atoms with Crippen LogP contribution in [0.1, 0.15) is 31.5 Å². The number of nitrogens with one attached hydrogen (secondary N) is 1. The van der Waals surface area contributed by atoms with E-state index in [2.05, 4.69) is 35.2 Å². The van der Waals surface area contributed by atoms with Crippen molar-refractivity contribution in [3.05, 3.63) is 43.2 Å². The summed E-state index contributed by atoms with van der Waals surface area (Å²) >= 11 is 10.9. The van der Waals surface area contributed by atoms with E-state index < -0.39 is 81.4 Å². The molecule has 0 radical (unpaired) electrons. The minimum Gasteiger partial charge on any atom is -0.365 e. The van der Waals surface area contributed by atoms with Crippen LogP contribution in [0.25, 0.3) is 22.3 Å². The van der Waals surface area contributed by atoms with Gasteiger partial charge in [0, 0.05) is 6.54 Å². The average molecular weight is 770 g/mol. The van der Waals surface area contributed by atoms with Crippen molar-refractivity contribution in [1.82, 2.24) is 39.0 Å². The number of hydrogen-bond acceptors (Lipinski definition) is 16. The summed E-state index contributed by atoms with van der Waals surface area (Å²) in [4.78, 5) is 49.4. The van der Waals surface area contributed by atoms with Crippen LogP contribution in [0.3, 0.4) is 0 Å². The number of imidazole rings is 2. The van der Waals surface area contributed by atoms with Gasteiger partial charge in [-0.3, -0.25) is 18.2 Å². The smallest absolute Gasteiger partial charge is 0.325 e. The molecule has 10 heterocycles.